The normalized spacial score (nSPS) is 14.0. The molecule has 4 heteroatoms. The number of phenols is 2. The first-order valence-corrected chi connectivity index (χ1v) is 5.89. The summed E-state index contributed by atoms with van der Waals surface area (Å²) in [4.78, 5) is 4.81. The first-order valence-electron chi connectivity index (χ1n) is 4.91. The van der Waals surface area contributed by atoms with Gasteiger partial charge in [-0.15, -0.1) is 11.8 Å². The number of nitrogens with zero attached hydrogens (tertiary/aromatic N) is 1. The SMILES string of the molecule is Oc1c2c(c(O)c3ccccc13)SCC=N2. The van der Waals surface area contributed by atoms with E-state index < -0.39 is 0 Å². The highest BCUT2D eigenvalue weighted by Gasteiger charge is 2.19. The maximum Gasteiger partial charge on any atom is 0.150 e. The van der Waals surface area contributed by atoms with Gasteiger partial charge in [0.15, 0.2) is 0 Å². The van der Waals surface area contributed by atoms with E-state index >= 15 is 0 Å². The largest absolute Gasteiger partial charge is 0.506 e. The van der Waals surface area contributed by atoms with Crippen molar-refractivity contribution >= 4 is 34.4 Å². The fourth-order valence-electron chi connectivity index (χ4n) is 1.87. The van der Waals surface area contributed by atoms with Gasteiger partial charge in [-0.3, -0.25) is 4.99 Å². The van der Waals surface area contributed by atoms with Gasteiger partial charge in [-0.05, 0) is 0 Å². The number of aromatic hydroxyl groups is 2. The van der Waals surface area contributed by atoms with Gasteiger partial charge in [-0.25, -0.2) is 0 Å². The van der Waals surface area contributed by atoms with Crippen molar-refractivity contribution < 1.29 is 10.2 Å². The number of phenolic OH excluding ortho intramolecular Hbond substituents is 2. The Balaban J connectivity index is 2.50. The van der Waals surface area contributed by atoms with E-state index in [9.17, 15) is 10.2 Å². The maximum atomic E-state index is 10.1. The quantitative estimate of drug-likeness (QED) is 0.685. The van der Waals surface area contributed by atoms with E-state index in [1.807, 2.05) is 12.1 Å². The van der Waals surface area contributed by atoms with Gasteiger partial charge in [0, 0.05) is 22.7 Å². The van der Waals surface area contributed by atoms with Gasteiger partial charge in [-0.2, -0.15) is 0 Å². The summed E-state index contributed by atoms with van der Waals surface area (Å²) in [5.41, 5.74) is 0.479. The van der Waals surface area contributed by atoms with Crippen molar-refractivity contribution in [3.05, 3.63) is 24.3 Å². The fourth-order valence-corrected chi connectivity index (χ4v) is 2.72. The van der Waals surface area contributed by atoms with Gasteiger partial charge in [0.2, 0.25) is 0 Å². The van der Waals surface area contributed by atoms with Gasteiger partial charge in [0.25, 0.3) is 0 Å². The van der Waals surface area contributed by atoms with Gasteiger partial charge < -0.3 is 10.2 Å². The Hall–Kier alpha value is -1.68. The predicted octanol–water partition coefficient (Wildman–Crippen LogP) is 3.06. The van der Waals surface area contributed by atoms with Crippen LogP contribution < -0.4 is 0 Å². The van der Waals surface area contributed by atoms with Gasteiger partial charge >= 0.3 is 0 Å². The van der Waals surface area contributed by atoms with Crippen LogP contribution in [0.2, 0.25) is 0 Å². The summed E-state index contributed by atoms with van der Waals surface area (Å²) in [7, 11) is 0. The molecule has 0 fully saturated rings. The summed E-state index contributed by atoms with van der Waals surface area (Å²) < 4.78 is 0. The Labute approximate surface area is 96.4 Å². The van der Waals surface area contributed by atoms with E-state index in [2.05, 4.69) is 4.99 Å². The third-order valence-electron chi connectivity index (χ3n) is 2.61. The minimum atomic E-state index is 0.145. The number of hydrogen-bond acceptors (Lipinski definition) is 4. The van der Waals surface area contributed by atoms with E-state index in [1.165, 1.54) is 11.8 Å². The van der Waals surface area contributed by atoms with Crippen LogP contribution >= 0.6 is 11.8 Å². The maximum absolute atomic E-state index is 10.1. The van der Waals surface area contributed by atoms with Crippen LogP contribution in [0.4, 0.5) is 5.69 Å². The molecule has 2 N–H and O–H groups in total. The third-order valence-corrected chi connectivity index (χ3v) is 3.61. The highest BCUT2D eigenvalue weighted by Crippen LogP contribution is 2.50. The smallest absolute Gasteiger partial charge is 0.150 e. The summed E-state index contributed by atoms with van der Waals surface area (Å²) >= 11 is 1.49. The van der Waals surface area contributed by atoms with Crippen LogP contribution in [0.25, 0.3) is 10.8 Å². The molecule has 0 atom stereocenters. The van der Waals surface area contributed by atoms with Crippen molar-refractivity contribution in [2.24, 2.45) is 4.99 Å². The molecule has 0 spiro atoms. The molecule has 1 heterocycles. The van der Waals surface area contributed by atoms with Crippen LogP contribution in [0.3, 0.4) is 0 Å². The number of thioether (sulfide) groups is 1. The second-order valence-corrected chi connectivity index (χ2v) is 4.57. The topological polar surface area (TPSA) is 52.8 Å². The Morgan fingerprint density at radius 1 is 1.06 bits per heavy atom. The zero-order valence-electron chi connectivity index (χ0n) is 8.34. The molecule has 80 valence electrons. The monoisotopic (exact) mass is 231 g/mol. The van der Waals surface area contributed by atoms with E-state index in [1.54, 1.807) is 18.3 Å². The Bertz CT molecular complexity index is 607. The molecule has 3 rings (SSSR count). The number of aliphatic imine (C=N–C) groups is 1. The van der Waals surface area contributed by atoms with E-state index in [0.717, 1.165) is 5.75 Å². The molecular formula is C12H9NO2S. The standard InChI is InChI=1S/C12H9NO2S/c14-10-7-3-1-2-4-8(7)11(15)12-9(10)13-5-6-16-12/h1-5,14-15H,6H2. The molecule has 0 aliphatic carbocycles. The molecule has 0 unspecified atom stereocenters. The lowest BCUT2D eigenvalue weighted by molar-refractivity contribution is 0.459. The summed E-state index contributed by atoms with van der Waals surface area (Å²) in [6, 6.07) is 7.24. The van der Waals surface area contributed by atoms with Gasteiger partial charge in [-0.1, -0.05) is 24.3 Å². The van der Waals surface area contributed by atoms with Crippen molar-refractivity contribution in [1.82, 2.24) is 0 Å². The molecule has 0 amide bonds. The van der Waals surface area contributed by atoms with E-state index in [0.29, 0.717) is 21.4 Å². The van der Waals surface area contributed by atoms with Gasteiger partial charge in [0.1, 0.15) is 17.2 Å². The van der Waals surface area contributed by atoms with Gasteiger partial charge in [0.05, 0.1) is 4.90 Å². The molecule has 0 saturated carbocycles. The summed E-state index contributed by atoms with van der Waals surface area (Å²) in [6.07, 6.45) is 1.74. The van der Waals surface area contributed by atoms with Crippen LogP contribution in [-0.4, -0.2) is 22.2 Å². The minimum Gasteiger partial charge on any atom is -0.506 e. The molecule has 2 aromatic carbocycles. The van der Waals surface area contributed by atoms with Crippen LogP contribution in [0.1, 0.15) is 0 Å². The molecule has 1 aliphatic rings. The van der Waals surface area contributed by atoms with Crippen molar-refractivity contribution in [3.8, 4) is 11.5 Å². The highest BCUT2D eigenvalue weighted by atomic mass is 32.2. The number of rotatable bonds is 0. The average molecular weight is 231 g/mol. The number of fused-ring (bicyclic) bond motifs is 2. The first-order chi connectivity index (χ1) is 7.79. The summed E-state index contributed by atoms with van der Waals surface area (Å²) in [6.45, 7) is 0. The van der Waals surface area contributed by atoms with Crippen LogP contribution in [0.5, 0.6) is 11.5 Å². The molecule has 0 bridgehead atoms. The van der Waals surface area contributed by atoms with E-state index in [-0.39, 0.29) is 11.5 Å². The predicted molar refractivity (Wildman–Crippen MR) is 66.2 cm³/mol. The van der Waals surface area contributed by atoms with E-state index in [4.69, 9.17) is 0 Å². The second kappa shape index (κ2) is 3.42. The molecule has 1 aliphatic heterocycles. The summed E-state index contributed by atoms with van der Waals surface area (Å²) in [5.74, 6) is 1.08. The zero-order chi connectivity index (χ0) is 11.1. The third kappa shape index (κ3) is 1.20. The molecule has 3 nitrogen and oxygen atoms in total. The van der Waals surface area contributed by atoms with Crippen LogP contribution in [-0.2, 0) is 0 Å². The number of benzene rings is 2. The summed E-state index contributed by atoms with van der Waals surface area (Å²) in [5, 5.41) is 21.5. The molecule has 0 radical (unpaired) electrons. The second-order valence-electron chi connectivity index (χ2n) is 3.54. The first kappa shape index (κ1) is 9.54. The molecule has 2 aromatic rings. The zero-order valence-corrected chi connectivity index (χ0v) is 9.16. The Morgan fingerprint density at radius 3 is 2.50 bits per heavy atom. The number of hydrogen-bond donors (Lipinski definition) is 2. The lowest BCUT2D eigenvalue weighted by Crippen LogP contribution is -1.90. The molecule has 16 heavy (non-hydrogen) atoms. The minimum absolute atomic E-state index is 0.145. The highest BCUT2D eigenvalue weighted by molar-refractivity contribution is 8.00. The lowest BCUT2D eigenvalue weighted by Gasteiger charge is -2.15. The average Bonchev–Trinajstić information content (AvgIpc) is 2.36. The molecule has 0 saturated heterocycles. The van der Waals surface area contributed by atoms with Crippen molar-refractivity contribution in [3.63, 3.8) is 0 Å². The van der Waals surface area contributed by atoms with Crippen molar-refractivity contribution in [2.75, 3.05) is 5.75 Å². The molecular weight excluding hydrogens is 222 g/mol. The van der Waals surface area contributed by atoms with Crippen LogP contribution in [0.15, 0.2) is 34.2 Å². The van der Waals surface area contributed by atoms with Crippen molar-refractivity contribution in [2.45, 2.75) is 4.90 Å². The van der Waals surface area contributed by atoms with Crippen molar-refractivity contribution in [1.29, 1.82) is 0 Å². The Kier molecular flexibility index (Phi) is 2.04. The lowest BCUT2D eigenvalue weighted by atomic mass is 10.1. The Morgan fingerprint density at radius 2 is 1.75 bits per heavy atom. The fraction of sp³-hybridized carbons (Fsp3) is 0.0833. The molecule has 0 aromatic heterocycles. The van der Waals surface area contributed by atoms with Crippen LogP contribution in [0, 0.1) is 0 Å².